The molecule has 3 aromatic rings. The minimum Gasteiger partial charge on any atom is -0.481 e. The third-order valence-corrected chi connectivity index (χ3v) is 5.57. The Bertz CT molecular complexity index is 1090. The first-order valence-corrected chi connectivity index (χ1v) is 10.6. The van der Waals surface area contributed by atoms with Gasteiger partial charge in [0.1, 0.15) is 5.75 Å². The lowest BCUT2D eigenvalue weighted by Crippen LogP contribution is -2.30. The van der Waals surface area contributed by atoms with E-state index in [0.29, 0.717) is 22.1 Å². The van der Waals surface area contributed by atoms with Crippen LogP contribution in [0.5, 0.6) is 5.75 Å². The lowest BCUT2D eigenvalue weighted by molar-refractivity contribution is -0.122. The molecule has 1 unspecified atom stereocenters. The molecule has 0 aliphatic carbocycles. The molecule has 0 heterocycles. The Morgan fingerprint density at radius 2 is 1.62 bits per heavy atom. The van der Waals surface area contributed by atoms with Crippen LogP contribution >= 0.6 is 11.6 Å². The monoisotopic (exact) mass is 430 g/mol. The Kier molecular flexibility index (Phi) is 6.41. The van der Waals surface area contributed by atoms with Crippen LogP contribution in [0.1, 0.15) is 6.92 Å². The molecule has 1 amide bonds. The zero-order valence-electron chi connectivity index (χ0n) is 15.5. The van der Waals surface area contributed by atoms with Gasteiger partial charge in [-0.1, -0.05) is 35.9 Å². The number of benzene rings is 3. The van der Waals surface area contributed by atoms with E-state index < -0.39 is 16.1 Å². The molecule has 1 atom stereocenters. The van der Waals surface area contributed by atoms with Crippen molar-refractivity contribution in [3.05, 3.63) is 83.9 Å². The molecule has 0 saturated heterocycles. The molecule has 150 valence electrons. The fourth-order valence-electron chi connectivity index (χ4n) is 2.48. The van der Waals surface area contributed by atoms with Gasteiger partial charge in [-0.05, 0) is 61.5 Å². The van der Waals surface area contributed by atoms with E-state index in [1.165, 1.54) is 24.3 Å². The van der Waals surface area contributed by atoms with Gasteiger partial charge in [-0.2, -0.15) is 0 Å². The molecule has 0 fully saturated rings. The van der Waals surface area contributed by atoms with Crippen LogP contribution in [0.15, 0.2) is 83.8 Å². The van der Waals surface area contributed by atoms with Crippen molar-refractivity contribution in [1.29, 1.82) is 0 Å². The van der Waals surface area contributed by atoms with Crippen molar-refractivity contribution in [3.63, 3.8) is 0 Å². The number of nitrogens with one attached hydrogen (secondary N) is 2. The Morgan fingerprint density at radius 3 is 2.28 bits per heavy atom. The molecule has 0 bridgehead atoms. The van der Waals surface area contributed by atoms with E-state index in [1.807, 2.05) is 0 Å². The number of anilines is 2. The van der Waals surface area contributed by atoms with E-state index in [9.17, 15) is 13.2 Å². The molecule has 0 aliphatic heterocycles. The molecule has 0 aromatic heterocycles. The summed E-state index contributed by atoms with van der Waals surface area (Å²) in [5.74, 6) is 0.108. The lowest BCUT2D eigenvalue weighted by Gasteiger charge is -2.15. The van der Waals surface area contributed by atoms with Crippen LogP contribution in [0.25, 0.3) is 0 Å². The van der Waals surface area contributed by atoms with Crippen molar-refractivity contribution in [3.8, 4) is 5.75 Å². The highest BCUT2D eigenvalue weighted by molar-refractivity contribution is 7.92. The highest BCUT2D eigenvalue weighted by atomic mass is 35.5. The standard InChI is InChI=1S/C21H19ClN2O4S/c1-15(28-19-9-5-6-16(22)14-19)21(25)23-17-10-12-20(13-11-17)29(26,27)24-18-7-3-2-4-8-18/h2-15,24H,1H3,(H,23,25). The number of ether oxygens (including phenoxy) is 1. The maximum Gasteiger partial charge on any atom is 0.265 e. The molecule has 8 heteroatoms. The van der Waals surface area contributed by atoms with Crippen LogP contribution in [-0.4, -0.2) is 20.4 Å². The molecule has 3 aromatic carbocycles. The molecular weight excluding hydrogens is 412 g/mol. The SMILES string of the molecule is CC(Oc1cccc(Cl)c1)C(=O)Nc1ccc(S(=O)(=O)Nc2ccccc2)cc1. The van der Waals surface area contributed by atoms with Crippen molar-refractivity contribution >= 4 is 38.9 Å². The average Bonchev–Trinajstić information content (AvgIpc) is 2.69. The average molecular weight is 431 g/mol. The van der Waals surface area contributed by atoms with Crippen LogP contribution in [0.4, 0.5) is 11.4 Å². The Morgan fingerprint density at radius 1 is 0.931 bits per heavy atom. The number of para-hydroxylation sites is 1. The van der Waals surface area contributed by atoms with Crippen LogP contribution in [-0.2, 0) is 14.8 Å². The van der Waals surface area contributed by atoms with Crippen molar-refractivity contribution in [2.24, 2.45) is 0 Å². The first-order valence-electron chi connectivity index (χ1n) is 8.74. The van der Waals surface area contributed by atoms with Gasteiger partial charge in [-0.3, -0.25) is 9.52 Å². The number of halogens is 1. The summed E-state index contributed by atoms with van der Waals surface area (Å²) < 4.78 is 33.0. The quantitative estimate of drug-likeness (QED) is 0.576. The Labute approximate surface area is 174 Å². The molecule has 29 heavy (non-hydrogen) atoms. The number of rotatable bonds is 7. The molecule has 3 rings (SSSR count). The summed E-state index contributed by atoms with van der Waals surface area (Å²) in [5.41, 5.74) is 0.923. The van der Waals surface area contributed by atoms with Crippen LogP contribution in [0.3, 0.4) is 0 Å². The largest absolute Gasteiger partial charge is 0.481 e. The van der Waals surface area contributed by atoms with Gasteiger partial charge in [-0.25, -0.2) is 8.42 Å². The molecule has 0 saturated carbocycles. The summed E-state index contributed by atoms with van der Waals surface area (Å²) in [6.45, 7) is 1.61. The Hall–Kier alpha value is -3.03. The number of sulfonamides is 1. The van der Waals surface area contributed by atoms with Gasteiger partial charge in [0.25, 0.3) is 15.9 Å². The van der Waals surface area contributed by atoms with Crippen LogP contribution < -0.4 is 14.8 Å². The minimum atomic E-state index is -3.72. The molecule has 2 N–H and O–H groups in total. The zero-order chi connectivity index (χ0) is 20.9. The third-order valence-electron chi connectivity index (χ3n) is 3.94. The van der Waals surface area contributed by atoms with Gasteiger partial charge >= 0.3 is 0 Å². The van der Waals surface area contributed by atoms with Crippen molar-refractivity contribution in [1.82, 2.24) is 0 Å². The number of amides is 1. The fourth-order valence-corrected chi connectivity index (χ4v) is 3.72. The van der Waals surface area contributed by atoms with E-state index in [2.05, 4.69) is 10.0 Å². The van der Waals surface area contributed by atoms with Gasteiger partial charge < -0.3 is 10.1 Å². The second kappa shape index (κ2) is 8.98. The highest BCUT2D eigenvalue weighted by Gasteiger charge is 2.17. The summed E-state index contributed by atoms with van der Waals surface area (Å²) in [5, 5.41) is 3.20. The summed E-state index contributed by atoms with van der Waals surface area (Å²) in [4.78, 5) is 12.4. The van der Waals surface area contributed by atoms with Crippen molar-refractivity contribution < 1.29 is 17.9 Å². The molecule has 0 radical (unpaired) electrons. The molecular formula is C21H19ClN2O4S. The first kappa shape index (κ1) is 20.7. The lowest BCUT2D eigenvalue weighted by atomic mass is 10.3. The molecule has 6 nitrogen and oxygen atoms in total. The normalized spacial score (nSPS) is 12.1. The smallest absolute Gasteiger partial charge is 0.265 e. The summed E-state index contributed by atoms with van der Waals surface area (Å²) >= 11 is 5.91. The highest BCUT2D eigenvalue weighted by Crippen LogP contribution is 2.20. The maximum atomic E-state index is 12.4. The predicted octanol–water partition coefficient (Wildman–Crippen LogP) is 4.55. The number of carbonyl (C=O) groups excluding carboxylic acids is 1. The van der Waals surface area contributed by atoms with E-state index in [4.69, 9.17) is 16.3 Å². The van der Waals surface area contributed by atoms with E-state index in [0.717, 1.165) is 0 Å². The van der Waals surface area contributed by atoms with Gasteiger partial charge in [0.2, 0.25) is 0 Å². The van der Waals surface area contributed by atoms with Gasteiger partial charge in [-0.15, -0.1) is 0 Å². The number of hydrogen-bond donors (Lipinski definition) is 2. The van der Waals surface area contributed by atoms with Crippen molar-refractivity contribution in [2.75, 3.05) is 10.0 Å². The molecule has 0 aliphatic rings. The van der Waals surface area contributed by atoms with Crippen molar-refractivity contribution in [2.45, 2.75) is 17.9 Å². The Balaban J connectivity index is 1.63. The van der Waals surface area contributed by atoms with E-state index in [-0.39, 0.29) is 10.8 Å². The van der Waals surface area contributed by atoms with E-state index in [1.54, 1.807) is 61.5 Å². The zero-order valence-corrected chi connectivity index (χ0v) is 17.1. The van der Waals surface area contributed by atoms with Gasteiger partial charge in [0.15, 0.2) is 6.10 Å². The summed E-state index contributed by atoms with van der Waals surface area (Å²) in [6.07, 6.45) is -0.767. The second-order valence-corrected chi connectivity index (χ2v) is 8.32. The maximum absolute atomic E-state index is 12.4. The molecule has 0 spiro atoms. The predicted molar refractivity (Wildman–Crippen MR) is 114 cm³/mol. The van der Waals surface area contributed by atoms with E-state index >= 15 is 0 Å². The topological polar surface area (TPSA) is 84.5 Å². The number of carbonyl (C=O) groups is 1. The number of hydrogen-bond acceptors (Lipinski definition) is 4. The van der Waals surface area contributed by atoms with Gasteiger partial charge in [0.05, 0.1) is 4.90 Å². The second-order valence-electron chi connectivity index (χ2n) is 6.20. The summed E-state index contributed by atoms with van der Waals surface area (Å²) in [7, 11) is -3.72. The van der Waals surface area contributed by atoms with Crippen LogP contribution in [0, 0.1) is 0 Å². The van der Waals surface area contributed by atoms with Crippen LogP contribution in [0.2, 0.25) is 5.02 Å². The first-order chi connectivity index (χ1) is 13.8. The van der Waals surface area contributed by atoms with Gasteiger partial charge in [0, 0.05) is 16.4 Å². The minimum absolute atomic E-state index is 0.0857. The third kappa shape index (κ3) is 5.73. The fraction of sp³-hybridized carbons (Fsp3) is 0.0952. The summed E-state index contributed by atoms with van der Waals surface area (Å²) in [6, 6.07) is 21.2.